The third-order valence-corrected chi connectivity index (χ3v) is 2.17. The molecule has 0 saturated carbocycles. The highest BCUT2D eigenvalue weighted by molar-refractivity contribution is 6.06. The predicted molar refractivity (Wildman–Crippen MR) is 54.2 cm³/mol. The Morgan fingerprint density at radius 2 is 2.13 bits per heavy atom. The van der Waals surface area contributed by atoms with Gasteiger partial charge in [-0.05, 0) is 24.6 Å². The summed E-state index contributed by atoms with van der Waals surface area (Å²) in [6.45, 7) is 1.91. The van der Waals surface area contributed by atoms with Crippen LogP contribution in [0.4, 0.5) is 5.69 Å². The second-order valence-electron chi connectivity index (χ2n) is 3.52. The highest BCUT2D eigenvalue weighted by atomic mass is 16.7. The normalized spacial score (nSPS) is 17.0. The van der Waals surface area contributed by atoms with Crippen LogP contribution < -0.4 is 5.06 Å². The summed E-state index contributed by atoms with van der Waals surface area (Å²) < 4.78 is 0. The van der Waals surface area contributed by atoms with Crippen molar-refractivity contribution in [3.05, 3.63) is 29.8 Å². The van der Waals surface area contributed by atoms with Crippen molar-refractivity contribution < 1.29 is 14.4 Å². The molecular weight excluding hydrogens is 194 g/mol. The Bertz CT molecular complexity index is 414. The van der Waals surface area contributed by atoms with Crippen LogP contribution in [-0.4, -0.2) is 18.3 Å². The number of anilines is 1. The van der Waals surface area contributed by atoms with Crippen LogP contribution in [0.1, 0.15) is 12.0 Å². The fraction of sp³-hybridized carbons (Fsp3) is 0.273. The van der Waals surface area contributed by atoms with E-state index >= 15 is 0 Å². The van der Waals surface area contributed by atoms with Crippen molar-refractivity contribution in [2.24, 2.45) is 0 Å². The van der Waals surface area contributed by atoms with Gasteiger partial charge in [-0.25, -0.2) is 0 Å². The number of amides is 1. The highest BCUT2D eigenvalue weighted by Gasteiger charge is 2.26. The van der Waals surface area contributed by atoms with Crippen LogP contribution in [-0.2, 0) is 14.4 Å². The lowest BCUT2D eigenvalue weighted by Crippen LogP contribution is -2.40. The van der Waals surface area contributed by atoms with Crippen molar-refractivity contribution in [2.75, 3.05) is 11.7 Å². The molecule has 1 aromatic rings. The number of hydrogen-bond acceptors (Lipinski definition) is 3. The molecular formula is C11H11NO3. The molecule has 1 aromatic carbocycles. The molecule has 0 radical (unpaired) electrons. The molecule has 0 N–H and O–H groups in total. The fourth-order valence-corrected chi connectivity index (χ4v) is 1.47. The Morgan fingerprint density at radius 1 is 1.33 bits per heavy atom. The first-order valence-corrected chi connectivity index (χ1v) is 4.71. The zero-order valence-electron chi connectivity index (χ0n) is 8.40. The van der Waals surface area contributed by atoms with Crippen molar-refractivity contribution >= 4 is 17.4 Å². The lowest BCUT2D eigenvalue weighted by atomic mass is 10.2. The number of ketones is 1. The van der Waals surface area contributed by atoms with Gasteiger partial charge in [0.2, 0.25) is 0 Å². The van der Waals surface area contributed by atoms with Crippen LogP contribution in [0, 0.1) is 6.92 Å². The molecule has 0 aliphatic carbocycles. The SMILES string of the molecule is Cc1cccc(N2OCC(=O)CC2=O)c1. The van der Waals surface area contributed by atoms with Crippen LogP contribution in [0.2, 0.25) is 0 Å². The summed E-state index contributed by atoms with van der Waals surface area (Å²) in [5.41, 5.74) is 1.72. The van der Waals surface area contributed by atoms with E-state index in [-0.39, 0.29) is 24.7 Å². The van der Waals surface area contributed by atoms with E-state index in [0.29, 0.717) is 5.69 Å². The topological polar surface area (TPSA) is 46.6 Å². The van der Waals surface area contributed by atoms with E-state index in [1.807, 2.05) is 25.1 Å². The maximum absolute atomic E-state index is 11.5. The first-order chi connectivity index (χ1) is 7.16. The number of hydrogen-bond donors (Lipinski definition) is 0. The van der Waals surface area contributed by atoms with E-state index in [4.69, 9.17) is 4.84 Å². The van der Waals surface area contributed by atoms with Gasteiger partial charge in [-0.1, -0.05) is 12.1 Å². The second-order valence-corrected chi connectivity index (χ2v) is 3.52. The fourth-order valence-electron chi connectivity index (χ4n) is 1.47. The number of Topliss-reactive ketones (excluding diaryl/α,β-unsaturated/α-hetero) is 1. The van der Waals surface area contributed by atoms with Crippen LogP contribution in [0.15, 0.2) is 24.3 Å². The molecule has 4 nitrogen and oxygen atoms in total. The van der Waals surface area contributed by atoms with E-state index in [0.717, 1.165) is 5.56 Å². The molecule has 2 rings (SSSR count). The Morgan fingerprint density at radius 3 is 2.80 bits per heavy atom. The molecule has 0 spiro atoms. The van der Waals surface area contributed by atoms with Crippen molar-refractivity contribution in [3.63, 3.8) is 0 Å². The van der Waals surface area contributed by atoms with Gasteiger partial charge >= 0.3 is 0 Å². The van der Waals surface area contributed by atoms with Gasteiger partial charge in [0.15, 0.2) is 5.78 Å². The molecule has 1 fully saturated rings. The minimum Gasteiger partial charge on any atom is -0.296 e. The van der Waals surface area contributed by atoms with Crippen molar-refractivity contribution in [3.8, 4) is 0 Å². The predicted octanol–water partition coefficient (Wildman–Crippen LogP) is 1.23. The van der Waals surface area contributed by atoms with Crippen molar-refractivity contribution in [1.82, 2.24) is 0 Å². The third kappa shape index (κ3) is 2.05. The van der Waals surface area contributed by atoms with Gasteiger partial charge in [0.1, 0.15) is 6.61 Å². The summed E-state index contributed by atoms with van der Waals surface area (Å²) in [5.74, 6) is -0.485. The molecule has 0 aromatic heterocycles. The van der Waals surface area contributed by atoms with E-state index in [1.165, 1.54) is 5.06 Å². The molecule has 1 saturated heterocycles. The Kier molecular flexibility index (Phi) is 2.51. The van der Waals surface area contributed by atoms with Gasteiger partial charge in [0.05, 0.1) is 12.1 Å². The van der Waals surface area contributed by atoms with Gasteiger partial charge < -0.3 is 0 Å². The number of benzene rings is 1. The van der Waals surface area contributed by atoms with E-state index in [1.54, 1.807) is 6.07 Å². The molecule has 1 heterocycles. The molecule has 1 amide bonds. The summed E-state index contributed by atoms with van der Waals surface area (Å²) in [4.78, 5) is 27.5. The highest BCUT2D eigenvalue weighted by Crippen LogP contribution is 2.19. The van der Waals surface area contributed by atoms with Gasteiger partial charge in [-0.3, -0.25) is 14.4 Å². The Labute approximate surface area is 87.4 Å². The second kappa shape index (κ2) is 3.82. The zero-order valence-corrected chi connectivity index (χ0v) is 8.40. The maximum atomic E-state index is 11.5. The molecule has 0 bridgehead atoms. The molecule has 0 unspecified atom stereocenters. The van der Waals surface area contributed by atoms with Crippen molar-refractivity contribution in [1.29, 1.82) is 0 Å². The number of hydroxylamine groups is 1. The van der Waals surface area contributed by atoms with E-state index in [2.05, 4.69) is 0 Å². The van der Waals surface area contributed by atoms with Gasteiger partial charge in [0.25, 0.3) is 5.91 Å². The van der Waals surface area contributed by atoms with Crippen LogP contribution >= 0.6 is 0 Å². The first kappa shape index (κ1) is 9.86. The van der Waals surface area contributed by atoms with E-state index in [9.17, 15) is 9.59 Å². The smallest absolute Gasteiger partial charge is 0.258 e. The van der Waals surface area contributed by atoms with Gasteiger partial charge in [0, 0.05) is 0 Å². The molecule has 1 aliphatic rings. The third-order valence-electron chi connectivity index (χ3n) is 2.17. The quantitative estimate of drug-likeness (QED) is 0.648. The average molecular weight is 205 g/mol. The number of aryl methyl sites for hydroxylation is 1. The van der Waals surface area contributed by atoms with Crippen LogP contribution in [0.25, 0.3) is 0 Å². The molecule has 1 aliphatic heterocycles. The number of nitrogens with zero attached hydrogens (tertiary/aromatic N) is 1. The maximum Gasteiger partial charge on any atom is 0.258 e. The number of carbonyl (C=O) groups excluding carboxylic acids is 2. The minimum atomic E-state index is -0.308. The van der Waals surface area contributed by atoms with Crippen molar-refractivity contribution in [2.45, 2.75) is 13.3 Å². The number of rotatable bonds is 1. The summed E-state index contributed by atoms with van der Waals surface area (Å²) in [6.07, 6.45) is -0.0755. The Hall–Kier alpha value is -1.68. The average Bonchev–Trinajstić information content (AvgIpc) is 2.17. The Balaban J connectivity index is 2.24. The lowest BCUT2D eigenvalue weighted by Gasteiger charge is -2.25. The monoisotopic (exact) mass is 205 g/mol. The van der Waals surface area contributed by atoms with Crippen LogP contribution in [0.3, 0.4) is 0 Å². The standard InChI is InChI=1S/C11H11NO3/c1-8-3-2-4-9(5-8)12-11(14)6-10(13)7-15-12/h2-5H,6-7H2,1H3. The lowest BCUT2D eigenvalue weighted by molar-refractivity contribution is -0.141. The molecule has 4 heteroatoms. The molecule has 15 heavy (non-hydrogen) atoms. The first-order valence-electron chi connectivity index (χ1n) is 4.71. The minimum absolute atomic E-state index is 0.0281. The van der Waals surface area contributed by atoms with Crippen LogP contribution in [0.5, 0.6) is 0 Å². The summed E-state index contributed by atoms with van der Waals surface area (Å²) in [5, 5.41) is 1.19. The summed E-state index contributed by atoms with van der Waals surface area (Å²) in [7, 11) is 0. The molecule has 78 valence electrons. The molecule has 0 atom stereocenters. The summed E-state index contributed by atoms with van der Waals surface area (Å²) in [6, 6.07) is 7.40. The number of carbonyl (C=O) groups is 2. The largest absolute Gasteiger partial charge is 0.296 e. The summed E-state index contributed by atoms with van der Waals surface area (Å²) >= 11 is 0. The zero-order chi connectivity index (χ0) is 10.8. The van der Waals surface area contributed by atoms with E-state index < -0.39 is 0 Å². The van der Waals surface area contributed by atoms with Gasteiger partial charge in [-0.2, -0.15) is 5.06 Å². The van der Waals surface area contributed by atoms with Gasteiger partial charge in [-0.15, -0.1) is 0 Å².